The highest BCUT2D eigenvalue weighted by molar-refractivity contribution is 7.89. The zero-order valence-corrected chi connectivity index (χ0v) is 15.9. The van der Waals surface area contributed by atoms with Crippen molar-refractivity contribution >= 4 is 27.3 Å². The van der Waals surface area contributed by atoms with E-state index in [9.17, 15) is 13.2 Å². The highest BCUT2D eigenvalue weighted by Gasteiger charge is 2.27. The van der Waals surface area contributed by atoms with Crippen molar-refractivity contribution in [1.82, 2.24) is 0 Å². The first-order valence-electron chi connectivity index (χ1n) is 8.45. The Morgan fingerprint density at radius 3 is 2.65 bits per heavy atom. The number of carbonyl (C=O) groups is 1. The molecule has 1 atom stereocenters. The Morgan fingerprint density at radius 2 is 1.96 bits per heavy atom. The van der Waals surface area contributed by atoms with Crippen LogP contribution >= 0.6 is 0 Å². The number of carbonyl (C=O) groups excluding carboxylic acids is 1. The molecule has 0 radical (unpaired) electrons. The highest BCUT2D eigenvalue weighted by atomic mass is 32.2. The molecule has 0 saturated carbocycles. The first-order valence-corrected chi connectivity index (χ1v) is 10.00. The summed E-state index contributed by atoms with van der Waals surface area (Å²) in [6, 6.07) is 11.2. The van der Waals surface area contributed by atoms with Gasteiger partial charge in [-0.3, -0.25) is 4.79 Å². The number of aryl methyl sites for hydroxylation is 1. The third-order valence-electron chi connectivity index (χ3n) is 4.91. The lowest BCUT2D eigenvalue weighted by atomic mass is 10.1. The molecule has 1 amide bonds. The molecule has 0 bridgehead atoms. The lowest BCUT2D eigenvalue weighted by molar-refractivity contribution is -0.115. The van der Waals surface area contributed by atoms with Crippen LogP contribution in [0.15, 0.2) is 41.3 Å². The molecule has 0 saturated heterocycles. The van der Waals surface area contributed by atoms with Crippen molar-refractivity contribution in [2.24, 2.45) is 5.14 Å². The summed E-state index contributed by atoms with van der Waals surface area (Å²) in [4.78, 5) is 14.7. The number of nitrogens with zero attached hydrogens (tertiary/aromatic N) is 1. The molecule has 2 aromatic carbocycles. The van der Waals surface area contributed by atoms with E-state index in [0.717, 1.165) is 23.2 Å². The van der Waals surface area contributed by atoms with Crippen molar-refractivity contribution in [1.29, 1.82) is 0 Å². The van der Waals surface area contributed by atoms with Crippen molar-refractivity contribution < 1.29 is 13.2 Å². The fourth-order valence-electron chi connectivity index (χ4n) is 3.34. The minimum Gasteiger partial charge on any atom is -0.359 e. The minimum absolute atomic E-state index is 0.00390. The van der Waals surface area contributed by atoms with Gasteiger partial charge in [0.05, 0.1) is 11.4 Å². The summed E-state index contributed by atoms with van der Waals surface area (Å²) in [5.74, 6) is -0.192. The number of para-hydroxylation sites is 1. The van der Waals surface area contributed by atoms with Gasteiger partial charge in [0, 0.05) is 17.4 Å². The number of primary sulfonamides is 1. The van der Waals surface area contributed by atoms with Crippen LogP contribution in [0.5, 0.6) is 0 Å². The topological polar surface area (TPSA) is 92.5 Å². The Bertz CT molecular complexity index is 970. The Kier molecular flexibility index (Phi) is 4.77. The normalized spacial score (nSPS) is 16.5. The molecule has 0 spiro atoms. The number of rotatable bonds is 4. The van der Waals surface area contributed by atoms with Gasteiger partial charge in [-0.15, -0.1) is 0 Å². The second-order valence-electron chi connectivity index (χ2n) is 6.82. The standard InChI is InChI=1S/C19H23N3O3S/c1-12-8-16(26(20,24)25)10-17(14(12)3)21-19(23)11-22-13(2)9-15-6-4-5-7-18(15)22/h4-8,10,13H,9,11H2,1-3H3,(H,21,23)(H2,20,24,25)/t13-/m1/s1. The van der Waals surface area contributed by atoms with E-state index in [-0.39, 0.29) is 23.4 Å². The number of sulfonamides is 1. The van der Waals surface area contributed by atoms with Gasteiger partial charge in [0.15, 0.2) is 0 Å². The molecular formula is C19H23N3O3S. The number of nitrogens with two attached hydrogens (primary N) is 1. The summed E-state index contributed by atoms with van der Waals surface area (Å²) in [6.45, 7) is 5.92. The molecule has 3 N–H and O–H groups in total. The molecule has 6 nitrogen and oxygen atoms in total. The van der Waals surface area contributed by atoms with Crippen LogP contribution in [0, 0.1) is 13.8 Å². The molecular weight excluding hydrogens is 350 g/mol. The van der Waals surface area contributed by atoms with E-state index < -0.39 is 10.0 Å². The predicted molar refractivity (Wildman–Crippen MR) is 103 cm³/mol. The summed E-state index contributed by atoms with van der Waals surface area (Å²) in [6.07, 6.45) is 0.905. The fraction of sp³-hybridized carbons (Fsp3) is 0.316. The Hall–Kier alpha value is -2.38. The van der Waals surface area contributed by atoms with Gasteiger partial charge in [-0.2, -0.15) is 0 Å². The van der Waals surface area contributed by atoms with Gasteiger partial charge in [-0.25, -0.2) is 13.6 Å². The summed E-state index contributed by atoms with van der Waals surface area (Å²) >= 11 is 0. The Labute approximate surface area is 154 Å². The number of amides is 1. The first kappa shape index (κ1) is 18.4. The number of fused-ring (bicyclic) bond motifs is 1. The number of nitrogens with one attached hydrogen (secondary N) is 1. The lowest BCUT2D eigenvalue weighted by Crippen LogP contribution is -2.37. The molecule has 1 aliphatic rings. The van der Waals surface area contributed by atoms with E-state index in [1.807, 2.05) is 25.1 Å². The first-order chi connectivity index (χ1) is 12.2. The summed E-state index contributed by atoms with van der Waals surface area (Å²) in [5, 5.41) is 8.07. The summed E-state index contributed by atoms with van der Waals surface area (Å²) in [7, 11) is -3.83. The predicted octanol–water partition coefficient (Wildman–Crippen LogP) is 2.34. The minimum atomic E-state index is -3.83. The molecule has 7 heteroatoms. The molecule has 0 fully saturated rings. The van der Waals surface area contributed by atoms with E-state index >= 15 is 0 Å². The molecule has 3 rings (SSSR count). The fourth-order valence-corrected chi connectivity index (χ4v) is 3.96. The SMILES string of the molecule is Cc1cc(S(N)(=O)=O)cc(NC(=O)CN2c3ccccc3C[C@H]2C)c1C. The molecule has 0 aliphatic carbocycles. The highest BCUT2D eigenvalue weighted by Crippen LogP contribution is 2.31. The van der Waals surface area contributed by atoms with Gasteiger partial charge in [0.1, 0.15) is 0 Å². The average molecular weight is 373 g/mol. The number of benzene rings is 2. The summed E-state index contributed by atoms with van der Waals surface area (Å²) < 4.78 is 23.3. The quantitative estimate of drug-likeness (QED) is 0.860. The van der Waals surface area contributed by atoms with E-state index in [2.05, 4.69) is 23.2 Å². The largest absolute Gasteiger partial charge is 0.359 e. The Balaban J connectivity index is 1.82. The zero-order valence-electron chi connectivity index (χ0n) is 15.1. The number of hydrogen-bond acceptors (Lipinski definition) is 4. The second-order valence-corrected chi connectivity index (χ2v) is 8.38. The maximum atomic E-state index is 12.6. The molecule has 26 heavy (non-hydrogen) atoms. The van der Waals surface area contributed by atoms with Gasteiger partial charge in [-0.05, 0) is 62.1 Å². The number of anilines is 2. The van der Waals surface area contributed by atoms with Gasteiger partial charge in [-0.1, -0.05) is 18.2 Å². The second kappa shape index (κ2) is 6.74. The van der Waals surface area contributed by atoms with Crippen LogP contribution in [0.4, 0.5) is 11.4 Å². The van der Waals surface area contributed by atoms with Crippen LogP contribution in [0.2, 0.25) is 0 Å². The average Bonchev–Trinajstić information content (AvgIpc) is 2.86. The van der Waals surface area contributed by atoms with Crippen LogP contribution < -0.4 is 15.4 Å². The van der Waals surface area contributed by atoms with Gasteiger partial charge >= 0.3 is 0 Å². The maximum absolute atomic E-state index is 12.6. The van der Waals surface area contributed by atoms with E-state index in [1.165, 1.54) is 17.7 Å². The van der Waals surface area contributed by atoms with Crippen LogP contribution in [0.1, 0.15) is 23.6 Å². The van der Waals surface area contributed by atoms with Crippen molar-refractivity contribution in [3.05, 3.63) is 53.1 Å². The van der Waals surface area contributed by atoms with Crippen molar-refractivity contribution in [2.45, 2.75) is 38.1 Å². The van der Waals surface area contributed by atoms with Crippen molar-refractivity contribution in [3.63, 3.8) is 0 Å². The molecule has 138 valence electrons. The maximum Gasteiger partial charge on any atom is 0.243 e. The zero-order chi connectivity index (χ0) is 19.1. The molecule has 2 aromatic rings. The monoisotopic (exact) mass is 373 g/mol. The van der Waals surface area contributed by atoms with Gasteiger partial charge in [0.2, 0.25) is 15.9 Å². The van der Waals surface area contributed by atoms with Gasteiger partial charge in [0.25, 0.3) is 0 Å². The lowest BCUT2D eigenvalue weighted by Gasteiger charge is -2.24. The molecule has 0 unspecified atom stereocenters. The van der Waals surface area contributed by atoms with Crippen molar-refractivity contribution in [2.75, 3.05) is 16.8 Å². The number of hydrogen-bond donors (Lipinski definition) is 2. The van der Waals surface area contributed by atoms with E-state index in [4.69, 9.17) is 5.14 Å². The Morgan fingerprint density at radius 1 is 1.27 bits per heavy atom. The third kappa shape index (κ3) is 3.59. The van der Waals surface area contributed by atoms with E-state index in [0.29, 0.717) is 5.69 Å². The molecule has 1 heterocycles. The van der Waals surface area contributed by atoms with Gasteiger partial charge < -0.3 is 10.2 Å². The van der Waals surface area contributed by atoms with Crippen LogP contribution in [0.25, 0.3) is 0 Å². The van der Waals surface area contributed by atoms with Crippen LogP contribution in [-0.2, 0) is 21.2 Å². The molecule has 0 aromatic heterocycles. The molecule has 1 aliphatic heterocycles. The smallest absolute Gasteiger partial charge is 0.243 e. The third-order valence-corrected chi connectivity index (χ3v) is 5.80. The van der Waals surface area contributed by atoms with Crippen LogP contribution in [-0.4, -0.2) is 26.9 Å². The van der Waals surface area contributed by atoms with E-state index in [1.54, 1.807) is 6.92 Å². The van der Waals surface area contributed by atoms with Crippen molar-refractivity contribution in [3.8, 4) is 0 Å². The van der Waals surface area contributed by atoms with Crippen LogP contribution in [0.3, 0.4) is 0 Å². The summed E-state index contributed by atoms with van der Waals surface area (Å²) in [5.41, 5.74) is 4.35.